The Morgan fingerprint density at radius 1 is 1.47 bits per heavy atom. The zero-order valence-electron chi connectivity index (χ0n) is 9.10. The number of allylic oxidation sites excluding steroid dienone is 1. The minimum atomic E-state index is 0.0405. The Morgan fingerprint density at radius 2 is 2.13 bits per heavy atom. The lowest BCUT2D eigenvalue weighted by Crippen LogP contribution is -1.98. The van der Waals surface area contributed by atoms with Gasteiger partial charge in [-0.15, -0.1) is 0 Å². The van der Waals surface area contributed by atoms with Crippen molar-refractivity contribution in [2.24, 2.45) is 4.99 Å². The molecule has 0 spiro atoms. The lowest BCUT2D eigenvalue weighted by atomic mass is 9.97. The summed E-state index contributed by atoms with van der Waals surface area (Å²) in [5.74, 6) is 0. The van der Waals surface area contributed by atoms with Crippen molar-refractivity contribution in [3.63, 3.8) is 0 Å². The highest BCUT2D eigenvalue weighted by Crippen LogP contribution is 2.27. The Morgan fingerprint density at radius 3 is 2.60 bits per heavy atom. The molecule has 1 rings (SSSR count). The average Bonchev–Trinajstić information content (AvgIpc) is 2.30. The lowest BCUT2D eigenvalue weighted by molar-refractivity contribution is 0.806. The zero-order valence-corrected chi connectivity index (χ0v) is 9.92. The van der Waals surface area contributed by atoms with Crippen molar-refractivity contribution in [2.45, 2.75) is 26.3 Å². The van der Waals surface area contributed by atoms with Gasteiger partial charge in [0, 0.05) is 0 Å². The first-order chi connectivity index (χ1) is 7.33. The Kier molecular flexibility index (Phi) is 4.96. The molecule has 15 heavy (non-hydrogen) atoms. The third-order valence-corrected chi connectivity index (χ3v) is 2.53. The van der Waals surface area contributed by atoms with Gasteiger partial charge in [-0.2, -0.15) is 0 Å². The minimum absolute atomic E-state index is 0.0405. The van der Waals surface area contributed by atoms with E-state index in [9.17, 15) is 0 Å². The fourth-order valence-corrected chi connectivity index (χ4v) is 1.72. The topological polar surface area (TPSA) is 12.4 Å². The number of aliphatic imine (C=N–C) groups is 1. The van der Waals surface area contributed by atoms with Crippen molar-refractivity contribution in [1.29, 1.82) is 0 Å². The van der Waals surface area contributed by atoms with Crippen molar-refractivity contribution in [3.8, 4) is 0 Å². The van der Waals surface area contributed by atoms with Crippen LogP contribution in [0.4, 0.5) is 0 Å². The quantitative estimate of drug-likeness (QED) is 0.418. The normalized spacial score (nSPS) is 13.1. The Labute approximate surface area is 96.6 Å². The third-order valence-electron chi connectivity index (χ3n) is 2.43. The van der Waals surface area contributed by atoms with Gasteiger partial charge in [-0.25, -0.2) is 4.99 Å². The van der Waals surface area contributed by atoms with Crippen LogP contribution in [-0.2, 0) is 0 Å². The molecule has 0 aliphatic rings. The van der Waals surface area contributed by atoms with Crippen LogP contribution >= 0.6 is 12.2 Å². The number of rotatable bonds is 4. The first-order valence-electron chi connectivity index (χ1n) is 5.10. The van der Waals surface area contributed by atoms with Gasteiger partial charge in [0.25, 0.3) is 0 Å². The van der Waals surface area contributed by atoms with E-state index >= 15 is 0 Å². The van der Waals surface area contributed by atoms with Crippen LogP contribution in [0.25, 0.3) is 0 Å². The van der Waals surface area contributed by atoms with Gasteiger partial charge in [0.05, 0.1) is 5.16 Å². The molecule has 0 saturated heterocycles. The molecule has 2 heteroatoms. The molecule has 0 radical (unpaired) electrons. The number of hydrogen-bond donors (Lipinski definition) is 0. The molecule has 0 N–H and O–H groups in total. The molecule has 0 amide bonds. The van der Waals surface area contributed by atoms with E-state index in [0.29, 0.717) is 0 Å². The third kappa shape index (κ3) is 3.12. The molecule has 0 aliphatic carbocycles. The van der Waals surface area contributed by atoms with E-state index in [1.807, 2.05) is 25.1 Å². The maximum Gasteiger partial charge on any atom is 0.106 e. The zero-order chi connectivity index (χ0) is 11.1. The molecule has 0 heterocycles. The van der Waals surface area contributed by atoms with Gasteiger partial charge >= 0.3 is 0 Å². The molecule has 0 saturated carbocycles. The van der Waals surface area contributed by atoms with Gasteiger partial charge in [-0.3, -0.25) is 0 Å². The molecule has 1 aromatic rings. The van der Waals surface area contributed by atoms with Gasteiger partial charge in [-0.1, -0.05) is 43.3 Å². The molecule has 1 atom stereocenters. The molecule has 1 nitrogen and oxygen atoms in total. The highest BCUT2D eigenvalue weighted by Gasteiger charge is 2.12. The standard InChI is InChI=1S/C13H15NS/c1-3-11(4-2)13(14-10-15)12-8-6-5-7-9-12/h3,5-9,13H,4H2,1-2H3. The smallest absolute Gasteiger partial charge is 0.106 e. The second-order valence-electron chi connectivity index (χ2n) is 3.25. The molecule has 0 fully saturated rings. The molecular formula is C13H15NS. The van der Waals surface area contributed by atoms with Crippen LogP contribution in [-0.4, -0.2) is 5.16 Å². The fourth-order valence-electron chi connectivity index (χ4n) is 1.61. The number of thiocarbonyl (C=S) groups is 1. The van der Waals surface area contributed by atoms with Crippen LogP contribution in [0.2, 0.25) is 0 Å². The summed E-state index contributed by atoms with van der Waals surface area (Å²) in [6.07, 6.45) is 3.09. The van der Waals surface area contributed by atoms with Crippen LogP contribution in [0.3, 0.4) is 0 Å². The maximum atomic E-state index is 4.70. The van der Waals surface area contributed by atoms with Gasteiger partial charge < -0.3 is 0 Å². The Hall–Kier alpha value is -1.24. The summed E-state index contributed by atoms with van der Waals surface area (Å²) in [5, 5.41) is 2.48. The van der Waals surface area contributed by atoms with Crippen LogP contribution < -0.4 is 0 Å². The molecule has 1 aromatic carbocycles. The number of benzene rings is 1. The first kappa shape index (κ1) is 11.8. The van der Waals surface area contributed by atoms with Crippen molar-refractivity contribution >= 4 is 17.4 Å². The van der Waals surface area contributed by atoms with E-state index in [1.54, 1.807) is 0 Å². The summed E-state index contributed by atoms with van der Waals surface area (Å²) in [7, 11) is 0. The van der Waals surface area contributed by atoms with E-state index in [1.165, 1.54) is 11.1 Å². The highest BCUT2D eigenvalue weighted by atomic mass is 32.1. The van der Waals surface area contributed by atoms with Crippen molar-refractivity contribution in [2.75, 3.05) is 0 Å². The predicted octanol–water partition coefficient (Wildman–Crippen LogP) is 4.19. The summed E-state index contributed by atoms with van der Waals surface area (Å²) in [6.45, 7) is 4.16. The second-order valence-corrected chi connectivity index (χ2v) is 3.43. The Bertz CT molecular complexity index is 375. The van der Waals surface area contributed by atoms with E-state index in [0.717, 1.165) is 6.42 Å². The van der Waals surface area contributed by atoms with Crippen LogP contribution in [0.5, 0.6) is 0 Å². The highest BCUT2D eigenvalue weighted by molar-refractivity contribution is 7.78. The summed E-state index contributed by atoms with van der Waals surface area (Å²) in [6, 6.07) is 10.2. The van der Waals surface area contributed by atoms with E-state index < -0.39 is 0 Å². The van der Waals surface area contributed by atoms with Crippen LogP contribution in [0, 0.1) is 0 Å². The summed E-state index contributed by atoms with van der Waals surface area (Å²) in [4.78, 5) is 4.23. The molecule has 0 aromatic heterocycles. The number of nitrogens with zero attached hydrogens (tertiary/aromatic N) is 1. The van der Waals surface area contributed by atoms with E-state index in [4.69, 9.17) is 12.2 Å². The average molecular weight is 217 g/mol. The SMILES string of the molecule is CC=C(CC)C(N=C=S)c1ccccc1. The van der Waals surface area contributed by atoms with Gasteiger partial charge in [-0.05, 0) is 36.7 Å². The lowest BCUT2D eigenvalue weighted by Gasteiger charge is -2.13. The summed E-state index contributed by atoms with van der Waals surface area (Å²) >= 11 is 4.70. The first-order valence-corrected chi connectivity index (χ1v) is 5.51. The predicted molar refractivity (Wildman–Crippen MR) is 68.3 cm³/mol. The summed E-state index contributed by atoms with van der Waals surface area (Å²) in [5.41, 5.74) is 2.45. The fraction of sp³-hybridized carbons (Fsp3) is 0.308. The second kappa shape index (κ2) is 6.28. The molecular weight excluding hydrogens is 202 g/mol. The van der Waals surface area contributed by atoms with E-state index in [2.05, 4.69) is 35.3 Å². The van der Waals surface area contributed by atoms with Gasteiger partial charge in [0.2, 0.25) is 0 Å². The van der Waals surface area contributed by atoms with Crippen molar-refractivity contribution in [1.82, 2.24) is 0 Å². The van der Waals surface area contributed by atoms with Crippen molar-refractivity contribution < 1.29 is 0 Å². The maximum absolute atomic E-state index is 4.70. The molecule has 0 bridgehead atoms. The van der Waals surface area contributed by atoms with Crippen molar-refractivity contribution in [3.05, 3.63) is 47.5 Å². The summed E-state index contributed by atoms with van der Waals surface area (Å²) < 4.78 is 0. The largest absolute Gasteiger partial charge is 0.220 e. The molecule has 1 unspecified atom stereocenters. The number of isothiocyanates is 1. The van der Waals surface area contributed by atoms with Crippen LogP contribution in [0.1, 0.15) is 31.9 Å². The number of hydrogen-bond acceptors (Lipinski definition) is 2. The van der Waals surface area contributed by atoms with Gasteiger partial charge in [0.1, 0.15) is 6.04 Å². The Balaban J connectivity index is 3.08. The monoisotopic (exact) mass is 217 g/mol. The van der Waals surface area contributed by atoms with Crippen LogP contribution in [0.15, 0.2) is 47.0 Å². The minimum Gasteiger partial charge on any atom is -0.220 e. The molecule has 78 valence electrons. The van der Waals surface area contributed by atoms with Gasteiger partial charge in [0.15, 0.2) is 0 Å². The van der Waals surface area contributed by atoms with E-state index in [-0.39, 0.29) is 6.04 Å². The molecule has 0 aliphatic heterocycles.